The molecule has 1 saturated carbocycles. The Labute approximate surface area is 161 Å². The smallest absolute Gasteiger partial charge is 0.0226 e. The molecule has 3 aliphatic rings. The average molecular weight is 389 g/mol. The molecule has 0 bridgehead atoms. The number of rotatable bonds is 5. The lowest BCUT2D eigenvalue weighted by atomic mass is 9.84. The fourth-order valence-corrected chi connectivity index (χ4v) is 4.46. The molecule has 2 heterocycles. The van der Waals surface area contributed by atoms with Crippen LogP contribution in [0.2, 0.25) is 0 Å². The monoisotopic (exact) mass is 387 g/mol. The summed E-state index contributed by atoms with van der Waals surface area (Å²) in [6.45, 7) is 8.98. The second kappa shape index (κ2) is 13.0. The van der Waals surface area contributed by atoms with Gasteiger partial charge in [-0.3, -0.25) is 4.90 Å². The SMILES string of the molecule is C1CCC(CC(CN2CCCC2)N2CCNCC2)CC1.Cl.Cl.Cl. The molecule has 3 fully saturated rings. The highest BCUT2D eigenvalue weighted by Gasteiger charge is 2.27. The van der Waals surface area contributed by atoms with Gasteiger partial charge in [0, 0.05) is 38.8 Å². The third-order valence-corrected chi connectivity index (χ3v) is 5.67. The topological polar surface area (TPSA) is 18.5 Å². The van der Waals surface area contributed by atoms with Crippen LogP contribution in [-0.2, 0) is 0 Å². The first-order valence-corrected chi connectivity index (χ1v) is 9.09. The highest BCUT2D eigenvalue weighted by Crippen LogP contribution is 2.29. The Hall–Kier alpha value is 0.750. The lowest BCUT2D eigenvalue weighted by molar-refractivity contribution is 0.108. The van der Waals surface area contributed by atoms with Crippen LogP contribution in [0.15, 0.2) is 0 Å². The van der Waals surface area contributed by atoms with Gasteiger partial charge in [0.05, 0.1) is 0 Å². The van der Waals surface area contributed by atoms with Crippen molar-refractivity contribution in [3.05, 3.63) is 0 Å². The first-order valence-electron chi connectivity index (χ1n) is 9.09. The standard InChI is InChI=1S/C17H33N3.3ClH/c1-2-6-16(7-3-1)14-17(15-19-10-4-5-11-19)20-12-8-18-9-13-20;;;/h16-18H,1-15H2;3*1H. The van der Waals surface area contributed by atoms with Crippen LogP contribution in [0.1, 0.15) is 51.4 Å². The maximum Gasteiger partial charge on any atom is 0.0226 e. The highest BCUT2D eigenvalue weighted by molar-refractivity contribution is 5.86. The van der Waals surface area contributed by atoms with Crippen LogP contribution in [0.5, 0.6) is 0 Å². The molecule has 2 aliphatic heterocycles. The molecule has 1 atom stereocenters. The summed E-state index contributed by atoms with van der Waals surface area (Å²) in [6, 6.07) is 0.832. The quantitative estimate of drug-likeness (QED) is 0.776. The molecule has 0 radical (unpaired) electrons. The minimum atomic E-state index is 0. The molecule has 140 valence electrons. The Bertz CT molecular complexity index is 276. The molecule has 23 heavy (non-hydrogen) atoms. The third-order valence-electron chi connectivity index (χ3n) is 5.67. The number of hydrogen-bond donors (Lipinski definition) is 1. The number of nitrogens with one attached hydrogen (secondary N) is 1. The number of halogens is 3. The summed E-state index contributed by atoms with van der Waals surface area (Å²) in [6.07, 6.45) is 11.8. The predicted octanol–water partition coefficient (Wildman–Crippen LogP) is 3.59. The lowest BCUT2D eigenvalue weighted by Crippen LogP contribution is -2.52. The fraction of sp³-hybridized carbons (Fsp3) is 1.00. The molecule has 3 nitrogen and oxygen atoms in total. The number of nitrogens with zero attached hydrogens (tertiary/aromatic N) is 2. The zero-order chi connectivity index (χ0) is 13.6. The van der Waals surface area contributed by atoms with Crippen molar-refractivity contribution in [1.29, 1.82) is 0 Å². The lowest BCUT2D eigenvalue weighted by Gasteiger charge is -2.39. The van der Waals surface area contributed by atoms with E-state index in [0.29, 0.717) is 0 Å². The maximum atomic E-state index is 3.51. The van der Waals surface area contributed by atoms with E-state index in [2.05, 4.69) is 15.1 Å². The van der Waals surface area contributed by atoms with Gasteiger partial charge in [0.25, 0.3) is 0 Å². The molecule has 3 rings (SSSR count). The van der Waals surface area contributed by atoms with E-state index in [-0.39, 0.29) is 37.2 Å². The normalized spacial score (nSPS) is 25.0. The van der Waals surface area contributed by atoms with E-state index in [0.717, 1.165) is 12.0 Å². The molecule has 6 heteroatoms. The molecule has 1 N–H and O–H groups in total. The second-order valence-electron chi connectivity index (χ2n) is 7.19. The van der Waals surface area contributed by atoms with Crippen molar-refractivity contribution in [2.75, 3.05) is 45.8 Å². The van der Waals surface area contributed by atoms with Gasteiger partial charge in [-0.1, -0.05) is 32.1 Å². The van der Waals surface area contributed by atoms with Crippen LogP contribution in [0, 0.1) is 5.92 Å². The molecule has 0 aromatic heterocycles. The Morgan fingerprint density at radius 1 is 0.783 bits per heavy atom. The van der Waals surface area contributed by atoms with Gasteiger partial charge in [0.1, 0.15) is 0 Å². The van der Waals surface area contributed by atoms with Crippen molar-refractivity contribution in [2.24, 2.45) is 5.92 Å². The predicted molar refractivity (Wildman–Crippen MR) is 107 cm³/mol. The van der Waals surface area contributed by atoms with Gasteiger partial charge in [-0.15, -0.1) is 37.2 Å². The van der Waals surface area contributed by atoms with E-state index in [1.807, 2.05) is 0 Å². The minimum absolute atomic E-state index is 0. The van der Waals surface area contributed by atoms with Gasteiger partial charge in [0.2, 0.25) is 0 Å². The van der Waals surface area contributed by atoms with Crippen molar-refractivity contribution in [1.82, 2.24) is 15.1 Å². The Kier molecular flexibility index (Phi) is 13.4. The summed E-state index contributed by atoms with van der Waals surface area (Å²) in [5.41, 5.74) is 0. The molecule has 0 aromatic carbocycles. The van der Waals surface area contributed by atoms with Gasteiger partial charge in [-0.25, -0.2) is 0 Å². The molecular formula is C17H36Cl3N3. The van der Waals surface area contributed by atoms with Crippen LogP contribution >= 0.6 is 37.2 Å². The largest absolute Gasteiger partial charge is 0.314 e. The molecule has 1 unspecified atom stereocenters. The van der Waals surface area contributed by atoms with Crippen molar-refractivity contribution in [2.45, 2.75) is 57.4 Å². The van der Waals surface area contributed by atoms with Crippen LogP contribution in [0.25, 0.3) is 0 Å². The summed E-state index contributed by atoms with van der Waals surface area (Å²) in [5.74, 6) is 1.02. The van der Waals surface area contributed by atoms with E-state index in [9.17, 15) is 0 Å². The van der Waals surface area contributed by atoms with E-state index >= 15 is 0 Å². The van der Waals surface area contributed by atoms with Gasteiger partial charge in [0.15, 0.2) is 0 Å². The van der Waals surface area contributed by atoms with Crippen LogP contribution in [0.3, 0.4) is 0 Å². The van der Waals surface area contributed by atoms with Gasteiger partial charge >= 0.3 is 0 Å². The van der Waals surface area contributed by atoms with Gasteiger partial charge in [-0.05, 0) is 38.3 Å². The zero-order valence-electron chi connectivity index (χ0n) is 14.4. The first kappa shape index (κ1) is 23.8. The van der Waals surface area contributed by atoms with Crippen LogP contribution in [-0.4, -0.2) is 61.7 Å². The Balaban J connectivity index is 0.00000161. The van der Waals surface area contributed by atoms with Gasteiger partial charge in [-0.2, -0.15) is 0 Å². The Morgan fingerprint density at radius 3 is 2.00 bits per heavy atom. The fourth-order valence-electron chi connectivity index (χ4n) is 4.46. The molecule has 1 aliphatic carbocycles. The number of piperazine rings is 1. The van der Waals surface area contributed by atoms with Gasteiger partial charge < -0.3 is 10.2 Å². The van der Waals surface area contributed by atoms with Crippen LogP contribution < -0.4 is 5.32 Å². The van der Waals surface area contributed by atoms with E-state index in [1.165, 1.54) is 97.2 Å². The van der Waals surface area contributed by atoms with Crippen molar-refractivity contribution in [3.8, 4) is 0 Å². The van der Waals surface area contributed by atoms with Crippen molar-refractivity contribution >= 4 is 37.2 Å². The van der Waals surface area contributed by atoms with Crippen molar-refractivity contribution in [3.63, 3.8) is 0 Å². The molecular weight excluding hydrogens is 353 g/mol. The van der Waals surface area contributed by atoms with E-state index in [4.69, 9.17) is 0 Å². The first-order chi connectivity index (χ1) is 9.92. The maximum absolute atomic E-state index is 3.51. The molecule has 0 amide bonds. The molecule has 2 saturated heterocycles. The third kappa shape index (κ3) is 7.66. The highest BCUT2D eigenvalue weighted by atomic mass is 35.5. The summed E-state index contributed by atoms with van der Waals surface area (Å²) in [4.78, 5) is 5.53. The van der Waals surface area contributed by atoms with E-state index < -0.39 is 0 Å². The van der Waals surface area contributed by atoms with Crippen LogP contribution in [0.4, 0.5) is 0 Å². The second-order valence-corrected chi connectivity index (χ2v) is 7.19. The zero-order valence-corrected chi connectivity index (χ0v) is 16.8. The summed E-state index contributed by atoms with van der Waals surface area (Å²) in [7, 11) is 0. The van der Waals surface area contributed by atoms with Crippen molar-refractivity contribution < 1.29 is 0 Å². The molecule has 0 aromatic rings. The Morgan fingerprint density at radius 2 is 1.39 bits per heavy atom. The number of hydrogen-bond acceptors (Lipinski definition) is 3. The summed E-state index contributed by atoms with van der Waals surface area (Å²) < 4.78 is 0. The number of likely N-dealkylation sites (tertiary alicyclic amines) is 1. The summed E-state index contributed by atoms with van der Waals surface area (Å²) in [5, 5.41) is 3.51. The minimum Gasteiger partial charge on any atom is -0.314 e. The average Bonchev–Trinajstić information content (AvgIpc) is 3.02. The molecule has 0 spiro atoms. The summed E-state index contributed by atoms with van der Waals surface area (Å²) >= 11 is 0. The van der Waals surface area contributed by atoms with E-state index in [1.54, 1.807) is 0 Å².